The van der Waals surface area contributed by atoms with Crippen molar-refractivity contribution in [3.05, 3.63) is 23.8 Å². The number of nitrogens with two attached hydrogens (primary N) is 1. The highest BCUT2D eigenvalue weighted by Crippen LogP contribution is 2.26. The summed E-state index contributed by atoms with van der Waals surface area (Å²) in [5, 5.41) is 8.94. The molecule has 0 aromatic heterocycles. The lowest BCUT2D eigenvalue weighted by Crippen LogP contribution is -2.33. The number of aromatic carboxylic acids is 1. The Morgan fingerprint density at radius 2 is 2.24 bits per heavy atom. The van der Waals surface area contributed by atoms with Gasteiger partial charge in [-0.05, 0) is 38.0 Å². The summed E-state index contributed by atoms with van der Waals surface area (Å²) < 4.78 is 5.48. The van der Waals surface area contributed by atoms with Gasteiger partial charge in [-0.2, -0.15) is 0 Å². The van der Waals surface area contributed by atoms with E-state index in [0.717, 1.165) is 12.8 Å². The first-order chi connectivity index (χ1) is 10.0. The zero-order valence-electron chi connectivity index (χ0n) is 12.0. The number of hydrogen-bond donors (Lipinski definition) is 2. The third-order valence-electron chi connectivity index (χ3n) is 3.61. The van der Waals surface area contributed by atoms with Crippen LogP contribution in [0.25, 0.3) is 0 Å². The van der Waals surface area contributed by atoms with Gasteiger partial charge in [-0.3, -0.25) is 4.79 Å². The standard InChI is InChI=1S/C15H20N2O4/c1-2-17(14(18)9-11-4-3-7-21-11)13-6-5-10(15(19)20)8-12(13)16/h5-6,8,11H,2-4,7,9,16H2,1H3,(H,19,20). The fourth-order valence-corrected chi connectivity index (χ4v) is 2.52. The fourth-order valence-electron chi connectivity index (χ4n) is 2.52. The number of anilines is 2. The quantitative estimate of drug-likeness (QED) is 0.808. The van der Waals surface area contributed by atoms with E-state index in [1.807, 2.05) is 6.92 Å². The van der Waals surface area contributed by atoms with Gasteiger partial charge in [0.1, 0.15) is 0 Å². The van der Waals surface area contributed by atoms with Gasteiger partial charge in [-0.25, -0.2) is 4.79 Å². The Bertz CT molecular complexity index is 538. The van der Waals surface area contributed by atoms with Gasteiger partial charge in [0.25, 0.3) is 0 Å². The van der Waals surface area contributed by atoms with Crippen molar-refractivity contribution in [2.24, 2.45) is 0 Å². The number of ether oxygens (including phenoxy) is 1. The van der Waals surface area contributed by atoms with Gasteiger partial charge in [-0.1, -0.05) is 0 Å². The van der Waals surface area contributed by atoms with Gasteiger partial charge < -0.3 is 20.5 Å². The lowest BCUT2D eigenvalue weighted by atomic mass is 10.1. The lowest BCUT2D eigenvalue weighted by Gasteiger charge is -2.24. The Balaban J connectivity index is 2.16. The zero-order valence-corrected chi connectivity index (χ0v) is 12.0. The van der Waals surface area contributed by atoms with Gasteiger partial charge in [0.15, 0.2) is 0 Å². The van der Waals surface area contributed by atoms with E-state index in [9.17, 15) is 9.59 Å². The van der Waals surface area contributed by atoms with E-state index in [2.05, 4.69) is 0 Å². The molecule has 0 aliphatic carbocycles. The molecule has 0 saturated carbocycles. The van der Waals surface area contributed by atoms with E-state index < -0.39 is 5.97 Å². The van der Waals surface area contributed by atoms with Crippen molar-refractivity contribution in [3.8, 4) is 0 Å². The van der Waals surface area contributed by atoms with Crippen LogP contribution in [0.15, 0.2) is 18.2 Å². The molecule has 0 spiro atoms. The Morgan fingerprint density at radius 3 is 2.76 bits per heavy atom. The van der Waals surface area contributed by atoms with Gasteiger partial charge in [0, 0.05) is 13.2 Å². The minimum absolute atomic E-state index is 0.0222. The van der Waals surface area contributed by atoms with Crippen LogP contribution < -0.4 is 10.6 Å². The molecule has 1 unspecified atom stereocenters. The molecule has 6 heteroatoms. The average Bonchev–Trinajstić information content (AvgIpc) is 2.94. The highest BCUT2D eigenvalue weighted by atomic mass is 16.5. The van der Waals surface area contributed by atoms with E-state index >= 15 is 0 Å². The largest absolute Gasteiger partial charge is 0.478 e. The molecule has 1 amide bonds. The maximum Gasteiger partial charge on any atom is 0.335 e. The van der Waals surface area contributed by atoms with Gasteiger partial charge in [0.05, 0.1) is 29.5 Å². The molecule has 1 saturated heterocycles. The van der Waals surface area contributed by atoms with Crippen LogP contribution in [0.2, 0.25) is 0 Å². The summed E-state index contributed by atoms with van der Waals surface area (Å²) in [6.07, 6.45) is 2.19. The van der Waals surface area contributed by atoms with Crippen molar-refractivity contribution in [3.63, 3.8) is 0 Å². The molecule has 0 radical (unpaired) electrons. The minimum atomic E-state index is -1.04. The average molecular weight is 292 g/mol. The molecule has 1 aliphatic rings. The summed E-state index contributed by atoms with van der Waals surface area (Å²) in [6, 6.07) is 4.41. The second kappa shape index (κ2) is 6.58. The summed E-state index contributed by atoms with van der Waals surface area (Å²) in [4.78, 5) is 24.9. The summed E-state index contributed by atoms with van der Waals surface area (Å²) >= 11 is 0. The summed E-state index contributed by atoms with van der Waals surface area (Å²) in [5.74, 6) is -1.10. The Kier molecular flexibility index (Phi) is 4.80. The van der Waals surface area contributed by atoms with Crippen molar-refractivity contribution in [1.82, 2.24) is 0 Å². The van der Waals surface area contributed by atoms with Crippen LogP contribution >= 0.6 is 0 Å². The molecule has 1 heterocycles. The van der Waals surface area contributed by atoms with Crippen LogP contribution in [0.3, 0.4) is 0 Å². The van der Waals surface area contributed by atoms with Crippen LogP contribution in [-0.4, -0.2) is 36.2 Å². The molecule has 3 N–H and O–H groups in total. The van der Waals surface area contributed by atoms with Gasteiger partial charge in [-0.15, -0.1) is 0 Å². The Morgan fingerprint density at radius 1 is 1.48 bits per heavy atom. The normalized spacial score (nSPS) is 17.7. The number of benzene rings is 1. The summed E-state index contributed by atoms with van der Waals surface area (Å²) in [6.45, 7) is 3.04. The number of carboxylic acids is 1. The number of carbonyl (C=O) groups is 2. The maximum atomic E-state index is 12.4. The zero-order chi connectivity index (χ0) is 15.4. The molecule has 1 aliphatic heterocycles. The molecule has 114 valence electrons. The SMILES string of the molecule is CCN(C(=O)CC1CCCO1)c1ccc(C(=O)O)cc1N. The second-order valence-electron chi connectivity index (χ2n) is 5.06. The molecular formula is C15H20N2O4. The van der Waals surface area contributed by atoms with E-state index in [-0.39, 0.29) is 23.3 Å². The first-order valence-corrected chi connectivity index (χ1v) is 7.07. The highest BCUT2D eigenvalue weighted by Gasteiger charge is 2.24. The van der Waals surface area contributed by atoms with Crippen LogP contribution in [-0.2, 0) is 9.53 Å². The number of nitrogens with zero attached hydrogens (tertiary/aromatic N) is 1. The molecule has 1 atom stereocenters. The third kappa shape index (κ3) is 3.52. The fraction of sp³-hybridized carbons (Fsp3) is 0.467. The molecular weight excluding hydrogens is 272 g/mol. The van der Waals surface area contributed by atoms with Crippen LogP contribution in [0.1, 0.15) is 36.5 Å². The van der Waals surface area contributed by atoms with E-state index in [0.29, 0.717) is 25.3 Å². The number of rotatable bonds is 5. The third-order valence-corrected chi connectivity index (χ3v) is 3.61. The van der Waals surface area contributed by atoms with Crippen molar-refractivity contribution in [1.29, 1.82) is 0 Å². The predicted octanol–water partition coefficient (Wildman–Crippen LogP) is 1.89. The van der Waals surface area contributed by atoms with Crippen molar-refractivity contribution < 1.29 is 19.4 Å². The topological polar surface area (TPSA) is 92.9 Å². The summed E-state index contributed by atoms with van der Waals surface area (Å²) in [7, 11) is 0. The smallest absolute Gasteiger partial charge is 0.335 e. The molecule has 21 heavy (non-hydrogen) atoms. The van der Waals surface area contributed by atoms with Gasteiger partial charge >= 0.3 is 5.97 Å². The van der Waals surface area contributed by atoms with E-state index in [1.165, 1.54) is 12.1 Å². The predicted molar refractivity (Wildman–Crippen MR) is 79.4 cm³/mol. The van der Waals surface area contributed by atoms with Crippen molar-refractivity contribution in [2.75, 3.05) is 23.8 Å². The van der Waals surface area contributed by atoms with E-state index in [1.54, 1.807) is 11.0 Å². The molecule has 1 aromatic carbocycles. The van der Waals surface area contributed by atoms with E-state index in [4.69, 9.17) is 15.6 Å². The number of carboxylic acid groups (broad SMARTS) is 1. The maximum absolute atomic E-state index is 12.4. The molecule has 1 aromatic rings. The number of hydrogen-bond acceptors (Lipinski definition) is 4. The molecule has 1 fully saturated rings. The van der Waals surface area contributed by atoms with Crippen LogP contribution in [0.4, 0.5) is 11.4 Å². The molecule has 0 bridgehead atoms. The van der Waals surface area contributed by atoms with Crippen LogP contribution in [0.5, 0.6) is 0 Å². The number of amides is 1. The molecule has 2 rings (SSSR count). The minimum Gasteiger partial charge on any atom is -0.478 e. The number of carbonyl (C=O) groups excluding carboxylic acids is 1. The first-order valence-electron chi connectivity index (χ1n) is 7.07. The van der Waals surface area contributed by atoms with Crippen LogP contribution in [0, 0.1) is 0 Å². The monoisotopic (exact) mass is 292 g/mol. The number of nitrogen functional groups attached to an aromatic ring is 1. The van der Waals surface area contributed by atoms with Gasteiger partial charge in [0.2, 0.25) is 5.91 Å². The lowest BCUT2D eigenvalue weighted by molar-refractivity contribution is -0.120. The summed E-state index contributed by atoms with van der Waals surface area (Å²) in [5.41, 5.74) is 6.84. The highest BCUT2D eigenvalue weighted by molar-refractivity contribution is 5.98. The Hall–Kier alpha value is -2.08. The molecule has 6 nitrogen and oxygen atoms in total. The van der Waals surface area contributed by atoms with Crippen molar-refractivity contribution >= 4 is 23.3 Å². The Labute approximate surface area is 123 Å². The first kappa shape index (κ1) is 15.3. The second-order valence-corrected chi connectivity index (χ2v) is 5.06. The van der Waals surface area contributed by atoms with Crippen molar-refractivity contribution in [2.45, 2.75) is 32.3 Å².